The molecule has 0 bridgehead atoms. The lowest BCUT2D eigenvalue weighted by atomic mass is 10.1. The van der Waals surface area contributed by atoms with Gasteiger partial charge in [0.15, 0.2) is 10.4 Å². The third-order valence-corrected chi connectivity index (χ3v) is 8.84. The van der Waals surface area contributed by atoms with Crippen molar-refractivity contribution in [3.05, 3.63) is 48.0 Å². The normalized spacial score (nSPS) is 15.0. The van der Waals surface area contributed by atoms with Crippen molar-refractivity contribution >= 4 is 55.8 Å². The number of ether oxygens (including phenoxy) is 3. The number of aromatic nitrogens is 2. The van der Waals surface area contributed by atoms with E-state index in [1.54, 1.807) is 30.3 Å². The van der Waals surface area contributed by atoms with E-state index in [4.69, 9.17) is 9.47 Å². The van der Waals surface area contributed by atoms with Crippen molar-refractivity contribution in [2.75, 3.05) is 36.1 Å². The zero-order valence-corrected chi connectivity index (χ0v) is 21.9. The van der Waals surface area contributed by atoms with Gasteiger partial charge in [-0.3, -0.25) is 19.2 Å². The van der Waals surface area contributed by atoms with Crippen LogP contribution >= 0.6 is 23.1 Å². The third-order valence-electron chi connectivity index (χ3n) is 5.10. The Hall–Kier alpha value is -3.36. The summed E-state index contributed by atoms with van der Waals surface area (Å²) >= 11 is 2.20. The number of anilines is 2. The summed E-state index contributed by atoms with van der Waals surface area (Å²) < 4.78 is 44.3. The number of methoxy groups -OCH3 is 2. The molecule has 0 unspecified atom stereocenters. The fourth-order valence-electron chi connectivity index (χ4n) is 3.28. The van der Waals surface area contributed by atoms with Gasteiger partial charge in [0.1, 0.15) is 11.5 Å². The van der Waals surface area contributed by atoms with Crippen LogP contribution in [0.2, 0.25) is 0 Å². The Morgan fingerprint density at radius 2 is 1.94 bits per heavy atom. The predicted octanol–water partition coefficient (Wildman–Crippen LogP) is 2.72. The summed E-state index contributed by atoms with van der Waals surface area (Å²) in [7, 11) is -1.24. The largest absolute Gasteiger partial charge is 0.497 e. The van der Waals surface area contributed by atoms with E-state index in [9.17, 15) is 18.0 Å². The zero-order chi connectivity index (χ0) is 25.9. The Morgan fingerprint density at radius 3 is 2.64 bits per heavy atom. The highest BCUT2D eigenvalue weighted by Gasteiger charge is 2.38. The summed E-state index contributed by atoms with van der Waals surface area (Å²) in [5.41, 5.74) is 1.17. The third kappa shape index (κ3) is 5.55. The van der Waals surface area contributed by atoms with Gasteiger partial charge < -0.3 is 14.2 Å². The number of carbonyl (C=O) groups excluding carboxylic acids is 2. The molecule has 0 spiro atoms. The second-order valence-corrected chi connectivity index (χ2v) is 11.6. The van der Waals surface area contributed by atoms with Crippen LogP contribution in [0.1, 0.15) is 5.56 Å². The second-order valence-electron chi connectivity index (χ2n) is 7.52. The lowest BCUT2D eigenvalue weighted by molar-refractivity contribution is -0.137. The summed E-state index contributed by atoms with van der Waals surface area (Å²) in [6.45, 7) is 1.59. The molecule has 1 atom stereocenters. The minimum atomic E-state index is -4.02. The van der Waals surface area contributed by atoms with Gasteiger partial charge in [-0.2, -0.15) is 0 Å². The first kappa shape index (κ1) is 25.7. The Bertz CT molecular complexity index is 1380. The Balaban J connectivity index is 1.57. The maximum atomic E-state index is 13.6. The smallest absolute Gasteiger partial charge is 0.316 e. The number of fused-ring (bicyclic) bond motifs is 1. The molecule has 1 amide bonds. The average molecular weight is 551 g/mol. The van der Waals surface area contributed by atoms with Crippen LogP contribution in [0.4, 0.5) is 10.8 Å². The summed E-state index contributed by atoms with van der Waals surface area (Å²) in [4.78, 5) is 24.4. The molecule has 11 nitrogen and oxygen atoms in total. The molecule has 190 valence electrons. The Morgan fingerprint density at radius 1 is 1.19 bits per heavy atom. The van der Waals surface area contributed by atoms with E-state index in [0.29, 0.717) is 15.8 Å². The summed E-state index contributed by atoms with van der Waals surface area (Å²) in [5.74, 6) is -0.157. The van der Waals surface area contributed by atoms with Crippen molar-refractivity contribution in [1.82, 2.24) is 10.2 Å². The van der Waals surface area contributed by atoms with Crippen molar-refractivity contribution in [3.63, 3.8) is 0 Å². The highest BCUT2D eigenvalue weighted by atomic mass is 32.2. The number of sulfonamides is 1. The van der Waals surface area contributed by atoms with E-state index >= 15 is 0 Å². The predicted molar refractivity (Wildman–Crippen MR) is 134 cm³/mol. The van der Waals surface area contributed by atoms with Crippen LogP contribution in [0, 0.1) is 6.92 Å². The van der Waals surface area contributed by atoms with Crippen LogP contribution < -0.4 is 19.1 Å². The molecule has 1 aromatic heterocycles. The molecule has 1 N–H and O–H groups in total. The highest BCUT2D eigenvalue weighted by Crippen LogP contribution is 2.38. The maximum Gasteiger partial charge on any atom is 0.316 e. The molecule has 0 saturated carbocycles. The number of rotatable bonds is 8. The van der Waals surface area contributed by atoms with E-state index < -0.39 is 28.0 Å². The quantitative estimate of drug-likeness (QED) is 0.253. The number of nitrogens with zero attached hydrogens (tertiary/aromatic N) is 3. The number of benzene rings is 2. The second kappa shape index (κ2) is 10.7. The first-order valence-electron chi connectivity index (χ1n) is 10.5. The molecular formula is C22H22N4O7S3. The fourth-order valence-corrected chi connectivity index (χ4v) is 6.35. The molecule has 1 aliphatic heterocycles. The zero-order valence-electron chi connectivity index (χ0n) is 19.5. The molecule has 2 heterocycles. The van der Waals surface area contributed by atoms with E-state index in [0.717, 1.165) is 33.0 Å². The molecule has 0 saturated heterocycles. The first-order chi connectivity index (χ1) is 17.2. The van der Waals surface area contributed by atoms with Gasteiger partial charge >= 0.3 is 5.97 Å². The minimum Gasteiger partial charge on any atom is -0.497 e. The minimum absolute atomic E-state index is 0.0484. The van der Waals surface area contributed by atoms with Gasteiger partial charge in [-0.15, -0.1) is 10.2 Å². The SMILES string of the molecule is COC(=O)CSc1nnc(NC(=O)[C@@H]2CN(S(=O)(=O)c3ccc(OC)cc3)c3ccc(C)cc3O2)s1. The number of thioether (sulfide) groups is 1. The molecule has 2 aromatic carbocycles. The van der Waals surface area contributed by atoms with Gasteiger partial charge in [0.2, 0.25) is 5.13 Å². The number of amides is 1. The van der Waals surface area contributed by atoms with Gasteiger partial charge in [0.05, 0.1) is 37.1 Å². The molecule has 4 rings (SSSR count). The molecular weight excluding hydrogens is 528 g/mol. The number of hydrogen-bond donors (Lipinski definition) is 1. The van der Waals surface area contributed by atoms with Gasteiger partial charge in [-0.25, -0.2) is 8.42 Å². The first-order valence-corrected chi connectivity index (χ1v) is 13.7. The molecule has 0 aliphatic carbocycles. The van der Waals surface area contributed by atoms with Crippen LogP contribution in [-0.2, 0) is 24.3 Å². The van der Waals surface area contributed by atoms with Crippen LogP contribution in [0.5, 0.6) is 11.5 Å². The van der Waals surface area contributed by atoms with Crippen LogP contribution in [0.15, 0.2) is 51.7 Å². The maximum absolute atomic E-state index is 13.6. The van der Waals surface area contributed by atoms with Gasteiger partial charge in [-0.1, -0.05) is 29.2 Å². The van der Waals surface area contributed by atoms with Gasteiger partial charge in [-0.05, 0) is 48.9 Å². The highest BCUT2D eigenvalue weighted by molar-refractivity contribution is 8.01. The van der Waals surface area contributed by atoms with E-state index in [1.807, 2.05) is 6.92 Å². The number of hydrogen-bond acceptors (Lipinski definition) is 11. The van der Waals surface area contributed by atoms with Crippen molar-refractivity contribution < 1.29 is 32.2 Å². The summed E-state index contributed by atoms with van der Waals surface area (Å²) in [6, 6.07) is 11.1. The Kier molecular flexibility index (Phi) is 7.66. The molecule has 3 aromatic rings. The lowest BCUT2D eigenvalue weighted by Crippen LogP contribution is -2.48. The number of aryl methyl sites for hydroxylation is 1. The van der Waals surface area contributed by atoms with Gasteiger partial charge in [0, 0.05) is 0 Å². The number of esters is 1. The van der Waals surface area contributed by atoms with Crippen molar-refractivity contribution in [3.8, 4) is 11.5 Å². The van der Waals surface area contributed by atoms with E-state index in [2.05, 4.69) is 20.3 Å². The monoisotopic (exact) mass is 550 g/mol. The van der Waals surface area contributed by atoms with Gasteiger partial charge in [0.25, 0.3) is 15.9 Å². The molecule has 0 radical (unpaired) electrons. The van der Waals surface area contributed by atoms with Crippen LogP contribution in [0.25, 0.3) is 0 Å². The molecule has 14 heteroatoms. The lowest BCUT2D eigenvalue weighted by Gasteiger charge is -2.34. The van der Waals surface area contributed by atoms with Crippen molar-refractivity contribution in [2.24, 2.45) is 0 Å². The van der Waals surface area contributed by atoms with Crippen LogP contribution in [0.3, 0.4) is 0 Å². The van der Waals surface area contributed by atoms with E-state index in [-0.39, 0.29) is 28.1 Å². The Labute approximate surface area is 215 Å². The fraction of sp³-hybridized carbons (Fsp3) is 0.273. The molecule has 0 fully saturated rings. The number of nitrogens with one attached hydrogen (secondary N) is 1. The average Bonchev–Trinajstić information content (AvgIpc) is 3.33. The van der Waals surface area contributed by atoms with Crippen molar-refractivity contribution in [2.45, 2.75) is 22.3 Å². The summed E-state index contributed by atoms with van der Waals surface area (Å²) in [5, 5.41) is 10.6. The molecule has 1 aliphatic rings. The standard InChI is InChI=1S/C22H22N4O7S3/c1-13-4-9-16-17(10-13)33-18(11-26(16)36(29,30)15-7-5-14(31-2)6-8-15)20(28)23-21-24-25-22(35-21)34-12-19(27)32-3/h4-10,18H,11-12H2,1-3H3,(H,23,24,28)/t18-/m0/s1. The van der Waals surface area contributed by atoms with E-state index in [1.165, 1.54) is 26.4 Å². The molecule has 36 heavy (non-hydrogen) atoms. The topological polar surface area (TPSA) is 137 Å². The van der Waals surface area contributed by atoms with Crippen molar-refractivity contribution in [1.29, 1.82) is 0 Å². The van der Waals surface area contributed by atoms with Crippen LogP contribution in [-0.4, -0.2) is 63.1 Å². The number of carbonyl (C=O) groups is 2. The summed E-state index contributed by atoms with van der Waals surface area (Å²) in [6.07, 6.45) is -1.15.